The molecule has 0 unspecified atom stereocenters. The number of carbonyl (C=O) groups excluding carboxylic acids is 1. The molecule has 2 aliphatic rings. The molecule has 1 aliphatic carbocycles. The third-order valence-corrected chi connectivity index (χ3v) is 8.92. The van der Waals surface area contributed by atoms with Crippen LogP contribution in [0.1, 0.15) is 33.6 Å². The van der Waals surface area contributed by atoms with Crippen LogP contribution in [0.4, 0.5) is 0 Å². The van der Waals surface area contributed by atoms with Crippen molar-refractivity contribution in [2.24, 2.45) is 11.8 Å². The maximum absolute atomic E-state index is 11.5. The highest BCUT2D eigenvalue weighted by atomic mass is 28.4. The second kappa shape index (κ2) is 4.40. The Hall–Kier alpha value is -0.773. The molecule has 18 heavy (non-hydrogen) atoms. The van der Waals surface area contributed by atoms with Crippen LogP contribution in [0.5, 0.6) is 0 Å². The first-order chi connectivity index (χ1) is 8.21. The highest BCUT2D eigenvalue weighted by molar-refractivity contribution is 6.74. The van der Waals surface area contributed by atoms with Crippen molar-refractivity contribution in [1.29, 1.82) is 0 Å². The topological polar surface area (TPSA) is 35.5 Å². The molecule has 2 atom stereocenters. The lowest BCUT2D eigenvalue weighted by atomic mass is 9.86. The quantitative estimate of drug-likeness (QED) is 0.568. The molecule has 0 aromatic rings. The second-order valence-electron chi connectivity index (χ2n) is 6.93. The van der Waals surface area contributed by atoms with E-state index in [1.807, 2.05) is 0 Å². The fourth-order valence-corrected chi connectivity index (χ4v) is 3.39. The Morgan fingerprint density at radius 1 is 1.39 bits per heavy atom. The fraction of sp³-hybridized carbons (Fsp3) is 0.786. The number of allylic oxidation sites excluding steroid dienone is 1. The van der Waals surface area contributed by atoms with Gasteiger partial charge in [-0.15, -0.1) is 0 Å². The Balaban J connectivity index is 2.08. The van der Waals surface area contributed by atoms with E-state index in [0.29, 0.717) is 6.61 Å². The fourth-order valence-electron chi connectivity index (χ4n) is 2.26. The minimum absolute atomic E-state index is 0.0253. The molecule has 0 N–H and O–H groups in total. The third-order valence-electron chi connectivity index (χ3n) is 4.53. The third kappa shape index (κ3) is 2.48. The zero-order valence-electron chi connectivity index (χ0n) is 12.1. The molecule has 1 heterocycles. The normalized spacial score (nSPS) is 28.5. The van der Waals surface area contributed by atoms with Crippen molar-refractivity contribution in [3.8, 4) is 0 Å². The summed E-state index contributed by atoms with van der Waals surface area (Å²) in [5, 5.41) is 0.215. The van der Waals surface area contributed by atoms with Gasteiger partial charge in [0.05, 0.1) is 18.3 Å². The van der Waals surface area contributed by atoms with E-state index >= 15 is 0 Å². The molecule has 0 aromatic heterocycles. The summed E-state index contributed by atoms with van der Waals surface area (Å²) >= 11 is 0. The first-order valence-corrected chi connectivity index (χ1v) is 9.68. The number of hydrogen-bond donors (Lipinski definition) is 0. The molecule has 0 bridgehead atoms. The number of hydrogen-bond acceptors (Lipinski definition) is 3. The van der Waals surface area contributed by atoms with Crippen molar-refractivity contribution < 1.29 is 14.0 Å². The van der Waals surface area contributed by atoms with Crippen LogP contribution in [0.2, 0.25) is 18.1 Å². The first kappa shape index (κ1) is 13.7. The van der Waals surface area contributed by atoms with E-state index in [2.05, 4.69) is 39.9 Å². The summed E-state index contributed by atoms with van der Waals surface area (Å²) in [6.07, 6.45) is 3.90. The second-order valence-corrected chi connectivity index (χ2v) is 11.7. The standard InChI is InChI=1S/C14H24O3Si/c1-14(2,3)18(4,5)17-11-6-7-12-10(8-11)9-16-13(12)15/h8,10,12H,6-7,9H2,1-5H3/t10-,12-/m0/s1. The molecule has 0 spiro atoms. The van der Waals surface area contributed by atoms with E-state index in [4.69, 9.17) is 9.16 Å². The summed E-state index contributed by atoms with van der Waals surface area (Å²) in [4.78, 5) is 11.5. The lowest BCUT2D eigenvalue weighted by Crippen LogP contribution is -2.41. The SMILES string of the molecule is CC(C)(C)[Si](C)(C)OC1=C[C@H]2COC(=O)[C@H]2CC1. The Labute approximate surface area is 111 Å². The van der Waals surface area contributed by atoms with Gasteiger partial charge in [-0.25, -0.2) is 0 Å². The van der Waals surface area contributed by atoms with Gasteiger partial charge < -0.3 is 9.16 Å². The van der Waals surface area contributed by atoms with Crippen molar-refractivity contribution >= 4 is 14.3 Å². The van der Waals surface area contributed by atoms with Gasteiger partial charge in [0.2, 0.25) is 8.32 Å². The monoisotopic (exact) mass is 268 g/mol. The van der Waals surface area contributed by atoms with Crippen LogP contribution < -0.4 is 0 Å². The van der Waals surface area contributed by atoms with Crippen LogP contribution >= 0.6 is 0 Å². The summed E-state index contributed by atoms with van der Waals surface area (Å²) in [5.41, 5.74) is 0. The van der Waals surface area contributed by atoms with Crippen molar-refractivity contribution in [3.63, 3.8) is 0 Å². The number of esters is 1. The summed E-state index contributed by atoms with van der Waals surface area (Å²) in [6.45, 7) is 11.8. The Morgan fingerprint density at radius 2 is 2.06 bits per heavy atom. The van der Waals surface area contributed by atoms with Crippen LogP contribution in [0.25, 0.3) is 0 Å². The lowest BCUT2D eigenvalue weighted by Gasteiger charge is -2.38. The molecule has 2 rings (SSSR count). The molecule has 0 saturated carbocycles. The summed E-state index contributed by atoms with van der Waals surface area (Å²) in [5.74, 6) is 1.38. The van der Waals surface area contributed by atoms with Crippen LogP contribution in [0.15, 0.2) is 11.8 Å². The molecule has 0 radical (unpaired) electrons. The first-order valence-electron chi connectivity index (χ1n) is 6.77. The lowest BCUT2D eigenvalue weighted by molar-refractivity contribution is -0.141. The van der Waals surface area contributed by atoms with E-state index in [1.54, 1.807) is 0 Å². The number of ether oxygens (including phenoxy) is 1. The summed E-state index contributed by atoms with van der Waals surface area (Å²) in [7, 11) is -1.75. The molecule has 0 amide bonds. The molecule has 3 nitrogen and oxygen atoms in total. The van der Waals surface area contributed by atoms with Gasteiger partial charge in [-0.1, -0.05) is 20.8 Å². The zero-order valence-corrected chi connectivity index (χ0v) is 13.1. The van der Waals surface area contributed by atoms with Gasteiger partial charge in [-0.05, 0) is 30.6 Å². The van der Waals surface area contributed by atoms with Gasteiger partial charge >= 0.3 is 5.97 Å². The maximum Gasteiger partial charge on any atom is 0.309 e. The van der Waals surface area contributed by atoms with Crippen LogP contribution in [-0.2, 0) is 14.0 Å². The Morgan fingerprint density at radius 3 is 2.67 bits per heavy atom. The zero-order chi connectivity index (χ0) is 13.6. The van der Waals surface area contributed by atoms with E-state index in [1.165, 1.54) is 0 Å². The highest BCUT2D eigenvalue weighted by Crippen LogP contribution is 2.41. The minimum atomic E-state index is -1.75. The molecule has 0 aromatic carbocycles. The average molecular weight is 268 g/mol. The van der Waals surface area contributed by atoms with Crippen molar-refractivity contribution in [2.75, 3.05) is 6.61 Å². The Bertz CT molecular complexity index is 379. The van der Waals surface area contributed by atoms with Crippen molar-refractivity contribution in [2.45, 2.75) is 51.7 Å². The van der Waals surface area contributed by atoms with E-state index in [-0.39, 0.29) is 22.8 Å². The molecule has 102 valence electrons. The number of fused-ring (bicyclic) bond motifs is 1. The van der Waals surface area contributed by atoms with E-state index in [9.17, 15) is 4.79 Å². The van der Waals surface area contributed by atoms with Crippen LogP contribution in [0, 0.1) is 11.8 Å². The van der Waals surface area contributed by atoms with E-state index in [0.717, 1.165) is 18.6 Å². The van der Waals surface area contributed by atoms with Crippen molar-refractivity contribution in [1.82, 2.24) is 0 Å². The molecule has 1 fully saturated rings. The largest absolute Gasteiger partial charge is 0.547 e. The molecule has 1 saturated heterocycles. The maximum atomic E-state index is 11.5. The van der Waals surface area contributed by atoms with Gasteiger partial charge in [0.1, 0.15) is 0 Å². The van der Waals surface area contributed by atoms with Gasteiger partial charge in [0.15, 0.2) is 0 Å². The predicted octanol–water partition coefficient (Wildman–Crippen LogP) is 3.48. The van der Waals surface area contributed by atoms with Crippen LogP contribution in [0.3, 0.4) is 0 Å². The van der Waals surface area contributed by atoms with Gasteiger partial charge in [0, 0.05) is 12.3 Å². The molecule has 4 heteroatoms. The molecule has 1 aliphatic heterocycles. The smallest absolute Gasteiger partial charge is 0.309 e. The van der Waals surface area contributed by atoms with E-state index < -0.39 is 8.32 Å². The summed E-state index contributed by atoms with van der Waals surface area (Å²) < 4.78 is 11.4. The number of carbonyl (C=O) groups is 1. The predicted molar refractivity (Wildman–Crippen MR) is 73.5 cm³/mol. The number of rotatable bonds is 2. The highest BCUT2D eigenvalue weighted by Gasteiger charge is 2.42. The molecular formula is C14H24O3Si. The van der Waals surface area contributed by atoms with Crippen LogP contribution in [-0.4, -0.2) is 20.9 Å². The summed E-state index contributed by atoms with van der Waals surface area (Å²) in [6, 6.07) is 0. The molecular weight excluding hydrogens is 244 g/mol. The van der Waals surface area contributed by atoms with Gasteiger partial charge in [-0.2, -0.15) is 0 Å². The Kier molecular flexibility index (Phi) is 3.34. The number of cyclic esters (lactones) is 1. The van der Waals surface area contributed by atoms with Crippen molar-refractivity contribution in [3.05, 3.63) is 11.8 Å². The van der Waals surface area contributed by atoms with Gasteiger partial charge in [-0.3, -0.25) is 4.79 Å². The average Bonchev–Trinajstić information content (AvgIpc) is 2.58. The minimum Gasteiger partial charge on any atom is -0.547 e. The van der Waals surface area contributed by atoms with Gasteiger partial charge in [0.25, 0.3) is 0 Å².